The first kappa shape index (κ1) is 21.4. The molecule has 1 aromatic heterocycles. The molecule has 1 aliphatic rings. The minimum absolute atomic E-state index is 0.133. The summed E-state index contributed by atoms with van der Waals surface area (Å²) in [5.74, 6) is 0.476. The Morgan fingerprint density at radius 2 is 1.93 bits per heavy atom. The highest BCUT2D eigenvalue weighted by Crippen LogP contribution is 2.22. The average molecular weight is 491 g/mol. The molecule has 2 aromatic carbocycles. The molecule has 0 radical (unpaired) electrons. The van der Waals surface area contributed by atoms with Crippen LogP contribution in [-0.2, 0) is 24.5 Å². The van der Waals surface area contributed by atoms with E-state index < -0.39 is 0 Å². The molecule has 0 saturated carbocycles. The first-order chi connectivity index (χ1) is 14.5. The maximum absolute atomic E-state index is 13.4. The molecule has 0 amide bonds. The van der Waals surface area contributed by atoms with Crippen molar-refractivity contribution >= 4 is 28.1 Å². The van der Waals surface area contributed by atoms with E-state index in [9.17, 15) is 4.39 Å². The highest BCUT2D eigenvalue weighted by molar-refractivity contribution is 9.10. The van der Waals surface area contributed by atoms with Crippen molar-refractivity contribution in [2.45, 2.75) is 38.7 Å². The zero-order valence-corrected chi connectivity index (χ0v) is 19.2. The molecular formula is C22H24BrFN4OS. The minimum atomic E-state index is -0.267. The van der Waals surface area contributed by atoms with Gasteiger partial charge in [-0.1, -0.05) is 28.1 Å². The maximum Gasteiger partial charge on any atom is 0.199 e. The summed E-state index contributed by atoms with van der Waals surface area (Å²) in [6.07, 6.45) is 2.21. The molecule has 0 aliphatic carbocycles. The summed E-state index contributed by atoms with van der Waals surface area (Å²) in [5.41, 5.74) is 2.06. The molecule has 3 aromatic rings. The van der Waals surface area contributed by atoms with Crippen LogP contribution in [0.2, 0.25) is 0 Å². The number of benzene rings is 2. The fourth-order valence-corrected chi connectivity index (χ4v) is 4.21. The summed E-state index contributed by atoms with van der Waals surface area (Å²) in [6.45, 7) is 2.77. The van der Waals surface area contributed by atoms with Crippen molar-refractivity contribution in [2.75, 3.05) is 13.7 Å². The fraction of sp³-hybridized carbons (Fsp3) is 0.364. The molecule has 1 unspecified atom stereocenters. The highest BCUT2D eigenvalue weighted by atomic mass is 79.9. The van der Waals surface area contributed by atoms with Crippen molar-refractivity contribution in [1.29, 1.82) is 0 Å². The van der Waals surface area contributed by atoms with Crippen LogP contribution in [0.1, 0.15) is 18.4 Å². The van der Waals surface area contributed by atoms with Crippen LogP contribution in [0.25, 0.3) is 11.4 Å². The summed E-state index contributed by atoms with van der Waals surface area (Å²) >= 11 is 9.24. The SMILES string of the molecule is CN(Cc1ccc(Br)cc1)Cn1nc(-c2ccc(F)cc2)n(CC2CCCO2)c1=S. The lowest BCUT2D eigenvalue weighted by molar-refractivity contribution is 0.0967. The molecule has 1 atom stereocenters. The molecule has 2 heterocycles. The van der Waals surface area contributed by atoms with E-state index in [-0.39, 0.29) is 11.9 Å². The quantitative estimate of drug-likeness (QED) is 0.423. The van der Waals surface area contributed by atoms with Crippen LogP contribution in [-0.4, -0.2) is 39.0 Å². The predicted octanol–water partition coefficient (Wildman–Crippen LogP) is 5.25. The van der Waals surface area contributed by atoms with Crippen molar-refractivity contribution < 1.29 is 9.13 Å². The van der Waals surface area contributed by atoms with Gasteiger partial charge in [0.15, 0.2) is 10.6 Å². The Kier molecular flexibility index (Phi) is 6.77. The number of rotatable bonds is 7. The summed E-state index contributed by atoms with van der Waals surface area (Å²) in [5, 5.41) is 4.80. The zero-order valence-electron chi connectivity index (χ0n) is 16.8. The molecule has 0 spiro atoms. The van der Waals surface area contributed by atoms with E-state index in [1.165, 1.54) is 17.7 Å². The Morgan fingerprint density at radius 3 is 2.60 bits per heavy atom. The molecule has 8 heteroatoms. The normalized spacial score (nSPS) is 16.5. The van der Waals surface area contributed by atoms with Gasteiger partial charge in [0.2, 0.25) is 0 Å². The lowest BCUT2D eigenvalue weighted by Gasteiger charge is -2.16. The molecule has 1 saturated heterocycles. The first-order valence-electron chi connectivity index (χ1n) is 9.98. The smallest absolute Gasteiger partial charge is 0.199 e. The molecule has 0 N–H and O–H groups in total. The Morgan fingerprint density at radius 1 is 1.20 bits per heavy atom. The van der Waals surface area contributed by atoms with Crippen molar-refractivity contribution in [3.05, 3.63) is 69.2 Å². The monoisotopic (exact) mass is 490 g/mol. The number of hydrogen-bond acceptors (Lipinski definition) is 4. The van der Waals surface area contributed by atoms with Crippen LogP contribution in [0.3, 0.4) is 0 Å². The van der Waals surface area contributed by atoms with Crippen LogP contribution in [0.15, 0.2) is 53.0 Å². The molecule has 1 fully saturated rings. The molecule has 158 valence electrons. The third kappa shape index (κ3) is 5.06. The lowest BCUT2D eigenvalue weighted by atomic mass is 10.2. The first-order valence-corrected chi connectivity index (χ1v) is 11.2. The van der Waals surface area contributed by atoms with Gasteiger partial charge in [-0.05, 0) is 74.1 Å². The van der Waals surface area contributed by atoms with Gasteiger partial charge < -0.3 is 4.74 Å². The van der Waals surface area contributed by atoms with E-state index >= 15 is 0 Å². The van der Waals surface area contributed by atoms with Crippen molar-refractivity contribution in [3.8, 4) is 11.4 Å². The Bertz CT molecular complexity index is 1040. The second kappa shape index (κ2) is 9.51. The standard InChI is InChI=1S/C22H24BrFN4OS/c1-26(13-16-4-8-18(23)9-5-16)15-28-22(30)27(14-20-3-2-12-29-20)21(25-28)17-6-10-19(24)11-7-17/h4-11,20H,2-3,12-15H2,1H3. The predicted molar refractivity (Wildman–Crippen MR) is 121 cm³/mol. The van der Waals surface area contributed by atoms with Gasteiger partial charge >= 0.3 is 0 Å². The van der Waals surface area contributed by atoms with Crippen molar-refractivity contribution in [2.24, 2.45) is 0 Å². The summed E-state index contributed by atoms with van der Waals surface area (Å²) < 4.78 is 24.8. The summed E-state index contributed by atoms with van der Waals surface area (Å²) in [7, 11) is 2.04. The van der Waals surface area contributed by atoms with Crippen LogP contribution < -0.4 is 0 Å². The number of hydrogen-bond donors (Lipinski definition) is 0. The van der Waals surface area contributed by atoms with Crippen LogP contribution in [0, 0.1) is 10.6 Å². The highest BCUT2D eigenvalue weighted by Gasteiger charge is 2.21. The summed E-state index contributed by atoms with van der Waals surface area (Å²) in [6, 6.07) is 14.7. The molecule has 1 aliphatic heterocycles. The fourth-order valence-electron chi connectivity index (χ4n) is 3.68. The van der Waals surface area contributed by atoms with Gasteiger partial charge in [0.1, 0.15) is 5.82 Å². The number of nitrogens with zero attached hydrogens (tertiary/aromatic N) is 4. The minimum Gasteiger partial charge on any atom is -0.376 e. The zero-order chi connectivity index (χ0) is 21.1. The Balaban J connectivity index is 1.59. The summed E-state index contributed by atoms with van der Waals surface area (Å²) in [4.78, 5) is 2.16. The van der Waals surface area contributed by atoms with Gasteiger partial charge in [-0.15, -0.1) is 0 Å². The largest absolute Gasteiger partial charge is 0.376 e. The average Bonchev–Trinajstić information content (AvgIpc) is 3.34. The van der Waals surface area contributed by atoms with Gasteiger partial charge in [0, 0.05) is 23.2 Å². The molecule has 4 rings (SSSR count). The van der Waals surface area contributed by atoms with Crippen LogP contribution >= 0.6 is 28.1 Å². The van der Waals surface area contributed by atoms with Gasteiger partial charge in [-0.25, -0.2) is 9.07 Å². The van der Waals surface area contributed by atoms with E-state index in [0.717, 1.165) is 41.9 Å². The molecular weight excluding hydrogens is 467 g/mol. The topological polar surface area (TPSA) is 35.2 Å². The van der Waals surface area contributed by atoms with E-state index in [0.29, 0.717) is 18.0 Å². The van der Waals surface area contributed by atoms with E-state index in [1.807, 2.05) is 28.4 Å². The molecule has 30 heavy (non-hydrogen) atoms. The molecule has 5 nitrogen and oxygen atoms in total. The third-order valence-corrected chi connectivity index (χ3v) is 6.14. The molecule has 0 bridgehead atoms. The Labute approximate surface area is 189 Å². The Hall–Kier alpha value is -1.87. The van der Waals surface area contributed by atoms with Gasteiger partial charge in [0.05, 0.1) is 19.3 Å². The van der Waals surface area contributed by atoms with E-state index in [1.54, 1.807) is 12.1 Å². The number of ether oxygens (including phenoxy) is 1. The maximum atomic E-state index is 13.4. The lowest BCUT2D eigenvalue weighted by Crippen LogP contribution is -2.23. The third-order valence-electron chi connectivity index (χ3n) is 5.18. The number of halogens is 2. The van der Waals surface area contributed by atoms with Gasteiger partial charge in [-0.2, -0.15) is 5.10 Å². The van der Waals surface area contributed by atoms with E-state index in [2.05, 4.69) is 33.0 Å². The van der Waals surface area contributed by atoms with Gasteiger partial charge in [-0.3, -0.25) is 9.47 Å². The second-order valence-electron chi connectivity index (χ2n) is 7.64. The van der Waals surface area contributed by atoms with Crippen LogP contribution in [0.4, 0.5) is 4.39 Å². The number of aromatic nitrogens is 3. The van der Waals surface area contributed by atoms with E-state index in [4.69, 9.17) is 22.1 Å². The van der Waals surface area contributed by atoms with Gasteiger partial charge in [0.25, 0.3) is 0 Å². The van der Waals surface area contributed by atoms with Crippen molar-refractivity contribution in [3.63, 3.8) is 0 Å². The van der Waals surface area contributed by atoms with Crippen molar-refractivity contribution in [1.82, 2.24) is 19.2 Å². The second-order valence-corrected chi connectivity index (χ2v) is 8.92. The van der Waals surface area contributed by atoms with Crippen LogP contribution in [0.5, 0.6) is 0 Å².